The Morgan fingerprint density at radius 2 is 2.14 bits per heavy atom. The van der Waals surface area contributed by atoms with Crippen LogP contribution >= 0.6 is 11.3 Å². The quantitative estimate of drug-likeness (QED) is 0.819. The van der Waals surface area contributed by atoms with Crippen LogP contribution in [0.15, 0.2) is 0 Å². The van der Waals surface area contributed by atoms with E-state index in [1.54, 1.807) is 0 Å². The highest BCUT2D eigenvalue weighted by molar-refractivity contribution is 7.11. The van der Waals surface area contributed by atoms with Crippen LogP contribution in [-0.2, 0) is 6.42 Å². The van der Waals surface area contributed by atoms with Crippen molar-refractivity contribution in [3.63, 3.8) is 0 Å². The average Bonchev–Trinajstić information content (AvgIpc) is 2.86. The van der Waals surface area contributed by atoms with Gasteiger partial charge in [0.15, 0.2) is 0 Å². The van der Waals surface area contributed by atoms with Crippen molar-refractivity contribution >= 4 is 11.3 Å². The molecule has 0 saturated carbocycles. The maximum atomic E-state index is 9.52. The van der Waals surface area contributed by atoms with Crippen LogP contribution in [0.25, 0.3) is 0 Å². The molecule has 2 heterocycles. The molecule has 0 spiro atoms. The van der Waals surface area contributed by atoms with Gasteiger partial charge in [0.1, 0.15) is 0 Å². The molecule has 2 N–H and O–H groups in total. The van der Waals surface area contributed by atoms with Gasteiger partial charge in [-0.15, -0.1) is 11.3 Å². The molecular weight excluding hydrogens is 282 g/mol. The van der Waals surface area contributed by atoms with Crippen LogP contribution in [0.4, 0.5) is 0 Å². The van der Waals surface area contributed by atoms with Crippen molar-refractivity contribution < 1.29 is 5.11 Å². The molecule has 1 aliphatic heterocycles. The number of fused-ring (bicyclic) bond motifs is 1. The average molecular weight is 309 g/mol. The summed E-state index contributed by atoms with van der Waals surface area (Å²) in [6.45, 7) is 6.47. The number of aryl methyl sites for hydroxylation is 2. The number of aliphatic hydroxyl groups is 1. The lowest BCUT2D eigenvalue weighted by molar-refractivity contribution is 0.0820. The van der Waals surface area contributed by atoms with Crippen molar-refractivity contribution in [2.24, 2.45) is 0 Å². The predicted molar refractivity (Wildman–Crippen MR) is 86.8 cm³/mol. The van der Waals surface area contributed by atoms with E-state index < -0.39 is 0 Å². The van der Waals surface area contributed by atoms with Gasteiger partial charge in [0, 0.05) is 24.0 Å². The molecular formula is C16H27N3OS. The molecule has 1 atom stereocenters. The smallest absolute Gasteiger partial charge is 0.0900 e. The Kier molecular flexibility index (Phi) is 5.27. The van der Waals surface area contributed by atoms with Gasteiger partial charge in [-0.2, -0.15) is 0 Å². The van der Waals surface area contributed by atoms with Crippen LogP contribution in [0, 0.1) is 6.92 Å². The van der Waals surface area contributed by atoms with Crippen molar-refractivity contribution in [3.05, 3.63) is 15.6 Å². The van der Waals surface area contributed by atoms with Crippen molar-refractivity contribution in [3.8, 4) is 0 Å². The molecule has 1 fully saturated rings. The van der Waals surface area contributed by atoms with Crippen LogP contribution in [0.1, 0.15) is 53.7 Å². The Morgan fingerprint density at radius 3 is 2.95 bits per heavy atom. The number of nitrogens with one attached hydrogen (secondary N) is 1. The van der Waals surface area contributed by atoms with Gasteiger partial charge in [-0.3, -0.25) is 0 Å². The van der Waals surface area contributed by atoms with E-state index in [0.29, 0.717) is 6.04 Å². The molecule has 1 aliphatic carbocycles. The van der Waals surface area contributed by atoms with Gasteiger partial charge in [-0.05, 0) is 58.5 Å². The van der Waals surface area contributed by atoms with Gasteiger partial charge < -0.3 is 15.3 Å². The number of nitrogens with zero attached hydrogens (tertiary/aromatic N) is 2. The first-order chi connectivity index (χ1) is 10.2. The molecule has 4 nitrogen and oxygen atoms in total. The fraction of sp³-hybridized carbons (Fsp3) is 0.812. The SMILES string of the molecule is Cc1nc2c(s1)C(NCCCN1CCC(O)CC1)CCC2. The second-order valence-electron chi connectivity index (χ2n) is 6.37. The van der Waals surface area contributed by atoms with Gasteiger partial charge in [0.2, 0.25) is 0 Å². The summed E-state index contributed by atoms with van der Waals surface area (Å²) < 4.78 is 0. The summed E-state index contributed by atoms with van der Waals surface area (Å²) in [6, 6.07) is 0.531. The summed E-state index contributed by atoms with van der Waals surface area (Å²) in [6.07, 6.45) is 6.70. The topological polar surface area (TPSA) is 48.4 Å². The molecule has 1 unspecified atom stereocenters. The number of likely N-dealkylation sites (tertiary alicyclic amines) is 1. The molecule has 0 bridgehead atoms. The van der Waals surface area contributed by atoms with E-state index in [0.717, 1.165) is 45.4 Å². The van der Waals surface area contributed by atoms with Crippen LogP contribution in [0.5, 0.6) is 0 Å². The molecule has 1 aromatic rings. The zero-order chi connectivity index (χ0) is 14.7. The summed E-state index contributed by atoms with van der Waals surface area (Å²) in [5.74, 6) is 0. The molecule has 1 saturated heterocycles. The van der Waals surface area contributed by atoms with Gasteiger partial charge in [-0.25, -0.2) is 4.98 Å². The van der Waals surface area contributed by atoms with Gasteiger partial charge >= 0.3 is 0 Å². The zero-order valence-corrected chi connectivity index (χ0v) is 13.8. The molecule has 5 heteroatoms. The standard InChI is InChI=1S/C16H27N3OS/c1-12-18-15-5-2-4-14(16(15)21-12)17-8-3-9-19-10-6-13(20)7-11-19/h13-14,17,20H,2-11H2,1H3. The summed E-state index contributed by atoms with van der Waals surface area (Å²) in [7, 11) is 0. The normalized spacial score (nSPS) is 24.2. The number of aromatic nitrogens is 1. The highest BCUT2D eigenvalue weighted by Crippen LogP contribution is 2.33. The Balaban J connectivity index is 1.40. The summed E-state index contributed by atoms with van der Waals surface area (Å²) in [4.78, 5) is 8.63. The third-order valence-corrected chi connectivity index (χ3v) is 5.78. The highest BCUT2D eigenvalue weighted by Gasteiger charge is 2.23. The van der Waals surface area contributed by atoms with E-state index in [1.165, 1.54) is 34.8 Å². The molecule has 0 aromatic carbocycles. The second-order valence-corrected chi connectivity index (χ2v) is 7.60. The molecule has 2 aliphatic rings. The third kappa shape index (κ3) is 4.03. The number of thiazole rings is 1. The highest BCUT2D eigenvalue weighted by atomic mass is 32.1. The summed E-state index contributed by atoms with van der Waals surface area (Å²) in [5.41, 5.74) is 1.34. The molecule has 21 heavy (non-hydrogen) atoms. The van der Waals surface area contributed by atoms with Crippen LogP contribution < -0.4 is 5.32 Å². The minimum absolute atomic E-state index is 0.0606. The zero-order valence-electron chi connectivity index (χ0n) is 13.0. The number of hydrogen-bond donors (Lipinski definition) is 2. The Labute approximate surface area is 131 Å². The largest absolute Gasteiger partial charge is 0.393 e. The van der Waals surface area contributed by atoms with Crippen molar-refractivity contribution in [2.45, 2.75) is 57.6 Å². The second kappa shape index (κ2) is 7.18. The fourth-order valence-corrected chi connectivity index (χ4v) is 4.54. The number of aliphatic hydroxyl groups excluding tert-OH is 1. The summed E-state index contributed by atoms with van der Waals surface area (Å²) >= 11 is 1.87. The van der Waals surface area contributed by atoms with E-state index in [4.69, 9.17) is 0 Å². The van der Waals surface area contributed by atoms with Crippen molar-refractivity contribution in [2.75, 3.05) is 26.2 Å². The van der Waals surface area contributed by atoms with Gasteiger partial charge in [0.25, 0.3) is 0 Å². The molecule has 1 aromatic heterocycles. The first-order valence-electron chi connectivity index (χ1n) is 8.32. The molecule has 0 amide bonds. The number of piperidine rings is 1. The Bertz CT molecular complexity index is 454. The number of hydrogen-bond acceptors (Lipinski definition) is 5. The van der Waals surface area contributed by atoms with E-state index in [2.05, 4.69) is 22.1 Å². The molecule has 0 radical (unpaired) electrons. The number of rotatable bonds is 5. The predicted octanol–water partition coefficient (Wildman–Crippen LogP) is 2.27. The molecule has 118 valence electrons. The van der Waals surface area contributed by atoms with E-state index >= 15 is 0 Å². The lowest BCUT2D eigenvalue weighted by Crippen LogP contribution is -2.37. The maximum Gasteiger partial charge on any atom is 0.0900 e. The van der Waals surface area contributed by atoms with Crippen molar-refractivity contribution in [1.29, 1.82) is 0 Å². The maximum absolute atomic E-state index is 9.52. The Morgan fingerprint density at radius 1 is 1.33 bits per heavy atom. The van der Waals surface area contributed by atoms with E-state index in [-0.39, 0.29) is 6.10 Å². The first kappa shape index (κ1) is 15.4. The van der Waals surface area contributed by atoms with Gasteiger partial charge in [0.05, 0.1) is 16.8 Å². The monoisotopic (exact) mass is 309 g/mol. The fourth-order valence-electron chi connectivity index (χ4n) is 3.46. The van der Waals surface area contributed by atoms with Crippen LogP contribution in [0.2, 0.25) is 0 Å². The van der Waals surface area contributed by atoms with Crippen molar-refractivity contribution in [1.82, 2.24) is 15.2 Å². The van der Waals surface area contributed by atoms with E-state index in [1.807, 2.05) is 11.3 Å². The molecule has 3 rings (SSSR count). The van der Waals surface area contributed by atoms with Crippen LogP contribution in [-0.4, -0.2) is 47.3 Å². The van der Waals surface area contributed by atoms with E-state index in [9.17, 15) is 5.11 Å². The minimum atomic E-state index is -0.0606. The van der Waals surface area contributed by atoms with Crippen LogP contribution in [0.3, 0.4) is 0 Å². The third-order valence-electron chi connectivity index (χ3n) is 4.66. The minimum Gasteiger partial charge on any atom is -0.393 e. The van der Waals surface area contributed by atoms with Gasteiger partial charge in [-0.1, -0.05) is 0 Å². The lowest BCUT2D eigenvalue weighted by Gasteiger charge is -2.29. The lowest BCUT2D eigenvalue weighted by atomic mass is 9.98. The summed E-state index contributed by atoms with van der Waals surface area (Å²) in [5, 5.41) is 14.5. The Hall–Kier alpha value is -0.490. The first-order valence-corrected chi connectivity index (χ1v) is 9.14.